The zero-order valence-electron chi connectivity index (χ0n) is 9.12. The van der Waals surface area contributed by atoms with Gasteiger partial charge in [-0.2, -0.15) is 0 Å². The summed E-state index contributed by atoms with van der Waals surface area (Å²) in [5, 5.41) is 0. The molecule has 0 amide bonds. The van der Waals surface area contributed by atoms with Gasteiger partial charge in [-0.3, -0.25) is 4.90 Å². The molecule has 3 nitrogen and oxygen atoms in total. The van der Waals surface area contributed by atoms with Gasteiger partial charge in [-0.25, -0.2) is 0 Å². The van der Waals surface area contributed by atoms with Crippen molar-refractivity contribution in [2.24, 2.45) is 0 Å². The van der Waals surface area contributed by atoms with Crippen molar-refractivity contribution < 1.29 is 9.47 Å². The fourth-order valence-electron chi connectivity index (χ4n) is 1.91. The zero-order valence-corrected chi connectivity index (χ0v) is 9.12. The predicted molar refractivity (Wildman–Crippen MR) is 52.7 cm³/mol. The van der Waals surface area contributed by atoms with Crippen LogP contribution >= 0.6 is 0 Å². The Hall–Kier alpha value is -0.120. The Labute approximate surface area is 81.0 Å². The van der Waals surface area contributed by atoms with Crippen LogP contribution in [0.2, 0.25) is 0 Å². The molecule has 13 heavy (non-hydrogen) atoms. The minimum absolute atomic E-state index is 0.147. The van der Waals surface area contributed by atoms with E-state index < -0.39 is 0 Å². The molecule has 0 bridgehead atoms. The predicted octanol–water partition coefficient (Wildman–Crippen LogP) is 1.48. The Morgan fingerprint density at radius 1 is 1.08 bits per heavy atom. The SMILES string of the molecule is CC(C)N(C(C)C)C1COCCO1. The zero-order chi connectivity index (χ0) is 9.84. The molecule has 1 rings (SSSR count). The lowest BCUT2D eigenvalue weighted by molar-refractivity contribution is -0.170. The second kappa shape index (κ2) is 4.94. The van der Waals surface area contributed by atoms with E-state index in [2.05, 4.69) is 32.6 Å². The Kier molecular flexibility index (Phi) is 4.16. The van der Waals surface area contributed by atoms with Gasteiger partial charge in [-0.15, -0.1) is 0 Å². The van der Waals surface area contributed by atoms with E-state index in [0.29, 0.717) is 18.7 Å². The van der Waals surface area contributed by atoms with Crippen LogP contribution < -0.4 is 0 Å². The molecular weight excluding hydrogens is 166 g/mol. The molecule has 1 fully saturated rings. The molecule has 1 saturated heterocycles. The molecule has 78 valence electrons. The van der Waals surface area contributed by atoms with Crippen molar-refractivity contribution in [2.75, 3.05) is 19.8 Å². The van der Waals surface area contributed by atoms with Gasteiger partial charge in [-0.05, 0) is 27.7 Å². The van der Waals surface area contributed by atoms with Gasteiger partial charge in [0.05, 0.1) is 19.8 Å². The lowest BCUT2D eigenvalue weighted by Gasteiger charge is -2.39. The van der Waals surface area contributed by atoms with Crippen LogP contribution in [-0.2, 0) is 9.47 Å². The third-order valence-electron chi connectivity index (χ3n) is 2.32. The van der Waals surface area contributed by atoms with E-state index in [1.807, 2.05) is 0 Å². The second-order valence-corrected chi connectivity index (χ2v) is 4.04. The van der Waals surface area contributed by atoms with E-state index in [0.717, 1.165) is 13.2 Å². The highest BCUT2D eigenvalue weighted by Gasteiger charge is 2.26. The molecule has 1 heterocycles. The Balaban J connectivity index is 2.52. The quantitative estimate of drug-likeness (QED) is 0.668. The fourth-order valence-corrected chi connectivity index (χ4v) is 1.91. The normalized spacial score (nSPS) is 24.7. The number of hydrogen-bond acceptors (Lipinski definition) is 3. The number of ether oxygens (including phenoxy) is 2. The van der Waals surface area contributed by atoms with Crippen molar-refractivity contribution in [3.8, 4) is 0 Å². The first-order valence-corrected chi connectivity index (χ1v) is 5.09. The van der Waals surface area contributed by atoms with Gasteiger partial charge >= 0.3 is 0 Å². The molecule has 0 saturated carbocycles. The van der Waals surface area contributed by atoms with Crippen LogP contribution in [0.15, 0.2) is 0 Å². The summed E-state index contributed by atoms with van der Waals surface area (Å²) in [5.41, 5.74) is 0. The van der Waals surface area contributed by atoms with Crippen molar-refractivity contribution in [1.82, 2.24) is 4.90 Å². The maximum atomic E-state index is 5.66. The maximum Gasteiger partial charge on any atom is 0.134 e. The van der Waals surface area contributed by atoms with Gasteiger partial charge < -0.3 is 9.47 Å². The average molecular weight is 187 g/mol. The second-order valence-electron chi connectivity index (χ2n) is 4.04. The highest BCUT2D eigenvalue weighted by atomic mass is 16.6. The summed E-state index contributed by atoms with van der Waals surface area (Å²) in [7, 11) is 0. The molecule has 0 aromatic carbocycles. The fraction of sp³-hybridized carbons (Fsp3) is 1.00. The standard InChI is InChI=1S/C10H21NO2/c1-8(2)11(9(3)4)10-7-12-5-6-13-10/h8-10H,5-7H2,1-4H3. The van der Waals surface area contributed by atoms with Crippen LogP contribution in [0, 0.1) is 0 Å². The molecular formula is C10H21NO2. The van der Waals surface area contributed by atoms with Crippen molar-refractivity contribution in [2.45, 2.75) is 46.0 Å². The van der Waals surface area contributed by atoms with Crippen molar-refractivity contribution in [1.29, 1.82) is 0 Å². The first-order chi connectivity index (χ1) is 6.13. The van der Waals surface area contributed by atoms with E-state index in [-0.39, 0.29) is 6.23 Å². The van der Waals surface area contributed by atoms with Crippen LogP contribution in [0.3, 0.4) is 0 Å². The third kappa shape index (κ3) is 2.93. The monoisotopic (exact) mass is 187 g/mol. The minimum atomic E-state index is 0.147. The summed E-state index contributed by atoms with van der Waals surface area (Å²) < 4.78 is 11.1. The van der Waals surface area contributed by atoms with E-state index in [1.165, 1.54) is 0 Å². The van der Waals surface area contributed by atoms with Crippen molar-refractivity contribution in [3.05, 3.63) is 0 Å². The topological polar surface area (TPSA) is 21.7 Å². The largest absolute Gasteiger partial charge is 0.375 e. The Morgan fingerprint density at radius 2 is 1.69 bits per heavy atom. The summed E-state index contributed by atoms with van der Waals surface area (Å²) in [4.78, 5) is 2.35. The molecule has 1 atom stereocenters. The summed E-state index contributed by atoms with van der Waals surface area (Å²) >= 11 is 0. The average Bonchev–Trinajstić information content (AvgIpc) is 2.04. The molecule has 0 spiro atoms. The lowest BCUT2D eigenvalue weighted by Crippen LogP contribution is -2.50. The summed E-state index contributed by atoms with van der Waals surface area (Å²) in [5.74, 6) is 0. The molecule has 0 radical (unpaired) electrons. The van der Waals surface area contributed by atoms with Gasteiger partial charge in [0, 0.05) is 12.1 Å². The van der Waals surface area contributed by atoms with Crippen LogP contribution in [0.25, 0.3) is 0 Å². The highest BCUT2D eigenvalue weighted by Crippen LogP contribution is 2.14. The molecule has 1 unspecified atom stereocenters. The van der Waals surface area contributed by atoms with Crippen molar-refractivity contribution in [3.63, 3.8) is 0 Å². The third-order valence-corrected chi connectivity index (χ3v) is 2.32. The van der Waals surface area contributed by atoms with Crippen LogP contribution in [0.1, 0.15) is 27.7 Å². The lowest BCUT2D eigenvalue weighted by atomic mass is 10.2. The highest BCUT2D eigenvalue weighted by molar-refractivity contribution is 4.72. The maximum absolute atomic E-state index is 5.66. The van der Waals surface area contributed by atoms with Crippen LogP contribution in [0.4, 0.5) is 0 Å². The molecule has 0 aromatic heterocycles. The van der Waals surface area contributed by atoms with Gasteiger partial charge in [-0.1, -0.05) is 0 Å². The Morgan fingerprint density at radius 3 is 2.08 bits per heavy atom. The molecule has 1 aliphatic heterocycles. The van der Waals surface area contributed by atoms with E-state index >= 15 is 0 Å². The molecule has 1 aliphatic rings. The van der Waals surface area contributed by atoms with Crippen LogP contribution in [-0.4, -0.2) is 43.0 Å². The van der Waals surface area contributed by atoms with E-state index in [4.69, 9.17) is 9.47 Å². The van der Waals surface area contributed by atoms with E-state index in [9.17, 15) is 0 Å². The van der Waals surface area contributed by atoms with Gasteiger partial charge in [0.2, 0.25) is 0 Å². The molecule has 3 heteroatoms. The van der Waals surface area contributed by atoms with Crippen molar-refractivity contribution >= 4 is 0 Å². The summed E-state index contributed by atoms with van der Waals surface area (Å²) in [6.45, 7) is 10.9. The number of nitrogens with zero attached hydrogens (tertiary/aromatic N) is 1. The van der Waals surface area contributed by atoms with Gasteiger partial charge in [0.25, 0.3) is 0 Å². The first-order valence-electron chi connectivity index (χ1n) is 5.09. The summed E-state index contributed by atoms with van der Waals surface area (Å²) in [6.07, 6.45) is 0.147. The van der Waals surface area contributed by atoms with Gasteiger partial charge in [0.1, 0.15) is 6.23 Å². The Bertz CT molecular complexity index is 134. The van der Waals surface area contributed by atoms with Gasteiger partial charge in [0.15, 0.2) is 0 Å². The number of hydrogen-bond donors (Lipinski definition) is 0. The minimum Gasteiger partial charge on any atom is -0.375 e. The first kappa shape index (κ1) is 11.0. The number of rotatable bonds is 3. The summed E-state index contributed by atoms with van der Waals surface area (Å²) in [6, 6.07) is 1.01. The smallest absolute Gasteiger partial charge is 0.134 e. The molecule has 0 N–H and O–H groups in total. The molecule has 0 aromatic rings. The van der Waals surface area contributed by atoms with E-state index in [1.54, 1.807) is 0 Å². The van der Waals surface area contributed by atoms with Crippen LogP contribution in [0.5, 0.6) is 0 Å². The molecule has 0 aliphatic carbocycles.